The van der Waals surface area contributed by atoms with Gasteiger partial charge in [0.05, 0.1) is 6.10 Å². The van der Waals surface area contributed by atoms with E-state index < -0.39 is 6.10 Å². The summed E-state index contributed by atoms with van der Waals surface area (Å²) in [6.07, 6.45) is 0.880. The molecule has 0 spiro atoms. The van der Waals surface area contributed by atoms with Crippen LogP contribution in [0.1, 0.15) is 39.2 Å². The highest BCUT2D eigenvalue weighted by Crippen LogP contribution is 2.27. The highest BCUT2D eigenvalue weighted by molar-refractivity contribution is 5.96. The molecule has 2 amide bonds. The van der Waals surface area contributed by atoms with Gasteiger partial charge in [0.1, 0.15) is 0 Å². The summed E-state index contributed by atoms with van der Waals surface area (Å²) in [4.78, 5) is 24.0. The maximum absolute atomic E-state index is 12.1. The van der Waals surface area contributed by atoms with Crippen molar-refractivity contribution in [3.63, 3.8) is 0 Å². The van der Waals surface area contributed by atoms with Crippen LogP contribution in [0.5, 0.6) is 0 Å². The van der Waals surface area contributed by atoms with Crippen LogP contribution in [0.25, 0.3) is 0 Å². The number of nitrogens with one attached hydrogen (secondary N) is 2. The van der Waals surface area contributed by atoms with Crippen molar-refractivity contribution in [1.29, 1.82) is 0 Å². The van der Waals surface area contributed by atoms with Gasteiger partial charge < -0.3 is 15.7 Å². The number of hydrogen-bond donors (Lipinski definition) is 3. The molecule has 1 aromatic carbocycles. The molecule has 0 saturated heterocycles. The zero-order valence-corrected chi connectivity index (χ0v) is 14.1. The van der Waals surface area contributed by atoms with Crippen LogP contribution in [-0.4, -0.2) is 29.6 Å². The van der Waals surface area contributed by atoms with Crippen molar-refractivity contribution in [2.45, 2.75) is 46.1 Å². The molecule has 0 radical (unpaired) electrons. The van der Waals surface area contributed by atoms with Gasteiger partial charge in [-0.25, -0.2) is 0 Å². The molecule has 5 nitrogen and oxygen atoms in total. The van der Waals surface area contributed by atoms with Crippen LogP contribution in [0.15, 0.2) is 24.3 Å². The molecule has 3 N–H and O–H groups in total. The topological polar surface area (TPSA) is 78.4 Å². The molecule has 5 heteroatoms. The number of hydrogen-bond acceptors (Lipinski definition) is 3. The minimum absolute atomic E-state index is 0.0220. The third-order valence-electron chi connectivity index (χ3n) is 4.32. The first-order chi connectivity index (χ1) is 10.8. The normalized spacial score (nSPS) is 18.8. The molecule has 126 valence electrons. The predicted molar refractivity (Wildman–Crippen MR) is 90.0 cm³/mol. The summed E-state index contributed by atoms with van der Waals surface area (Å²) >= 11 is 0. The van der Waals surface area contributed by atoms with E-state index in [9.17, 15) is 14.7 Å². The maximum Gasteiger partial charge on any atom is 0.227 e. The summed E-state index contributed by atoms with van der Waals surface area (Å²) in [6, 6.07) is 7.74. The van der Waals surface area contributed by atoms with Crippen LogP contribution < -0.4 is 10.6 Å². The molecule has 23 heavy (non-hydrogen) atoms. The van der Waals surface area contributed by atoms with Crippen molar-refractivity contribution in [3.8, 4) is 0 Å². The zero-order valence-electron chi connectivity index (χ0n) is 14.1. The van der Waals surface area contributed by atoms with E-state index in [2.05, 4.69) is 10.6 Å². The molecular weight excluding hydrogens is 292 g/mol. The van der Waals surface area contributed by atoms with Crippen LogP contribution >= 0.6 is 0 Å². The molecule has 0 fully saturated rings. The average Bonchev–Trinajstić information content (AvgIpc) is 2.49. The molecule has 0 aliphatic carbocycles. The Morgan fingerprint density at radius 1 is 1.39 bits per heavy atom. The smallest absolute Gasteiger partial charge is 0.227 e. The molecule has 2 rings (SSSR count). The van der Waals surface area contributed by atoms with Crippen molar-refractivity contribution in [2.24, 2.45) is 11.3 Å². The largest absolute Gasteiger partial charge is 0.391 e. The molecule has 1 aliphatic rings. The molecule has 2 unspecified atom stereocenters. The van der Waals surface area contributed by atoms with Crippen molar-refractivity contribution < 1.29 is 14.7 Å². The van der Waals surface area contributed by atoms with Gasteiger partial charge >= 0.3 is 0 Å². The SMILES string of the molecule is CC(C)(C)C(O)CNC(=O)CCC1Cc2ccccc2NC1=O. The number of carbonyl (C=O) groups excluding carboxylic acids is 2. The molecule has 0 aromatic heterocycles. The van der Waals surface area contributed by atoms with E-state index >= 15 is 0 Å². The van der Waals surface area contributed by atoms with E-state index in [4.69, 9.17) is 0 Å². The Kier molecular flexibility index (Phi) is 5.42. The molecule has 1 aliphatic heterocycles. The van der Waals surface area contributed by atoms with Gasteiger partial charge in [0.25, 0.3) is 0 Å². The molecule has 2 atom stereocenters. The minimum Gasteiger partial charge on any atom is -0.391 e. The van der Waals surface area contributed by atoms with Crippen LogP contribution in [0.2, 0.25) is 0 Å². The van der Waals surface area contributed by atoms with Gasteiger partial charge in [0, 0.05) is 24.6 Å². The van der Waals surface area contributed by atoms with E-state index in [0.29, 0.717) is 12.8 Å². The number of benzene rings is 1. The number of amides is 2. The van der Waals surface area contributed by atoms with E-state index in [-0.39, 0.29) is 36.1 Å². The number of aliphatic hydroxyl groups is 1. The van der Waals surface area contributed by atoms with Crippen molar-refractivity contribution >= 4 is 17.5 Å². The highest BCUT2D eigenvalue weighted by Gasteiger charge is 2.27. The Labute approximate surface area is 137 Å². The summed E-state index contributed by atoms with van der Waals surface area (Å²) < 4.78 is 0. The highest BCUT2D eigenvalue weighted by atomic mass is 16.3. The zero-order chi connectivity index (χ0) is 17.0. The van der Waals surface area contributed by atoms with Crippen LogP contribution in [0, 0.1) is 11.3 Å². The second kappa shape index (κ2) is 7.13. The fourth-order valence-corrected chi connectivity index (χ4v) is 2.56. The Morgan fingerprint density at radius 2 is 2.09 bits per heavy atom. The summed E-state index contributed by atoms with van der Waals surface area (Å²) in [6.45, 7) is 6.01. The first kappa shape index (κ1) is 17.5. The van der Waals surface area contributed by atoms with Gasteiger partial charge in [0.15, 0.2) is 0 Å². The fourth-order valence-electron chi connectivity index (χ4n) is 2.56. The quantitative estimate of drug-likeness (QED) is 0.778. The van der Waals surface area contributed by atoms with Gasteiger partial charge in [-0.15, -0.1) is 0 Å². The van der Waals surface area contributed by atoms with Crippen molar-refractivity contribution in [3.05, 3.63) is 29.8 Å². The number of anilines is 1. The molecule has 1 aromatic rings. The lowest BCUT2D eigenvalue weighted by Crippen LogP contribution is -2.39. The van der Waals surface area contributed by atoms with E-state index in [1.54, 1.807) is 0 Å². The van der Waals surface area contributed by atoms with Gasteiger partial charge in [-0.2, -0.15) is 0 Å². The Bertz CT molecular complexity index is 578. The predicted octanol–water partition coefficient (Wildman–Crippen LogP) is 2.10. The first-order valence-corrected chi connectivity index (χ1v) is 8.11. The van der Waals surface area contributed by atoms with Gasteiger partial charge in [-0.1, -0.05) is 39.0 Å². The lowest BCUT2D eigenvalue weighted by Gasteiger charge is -2.26. The van der Waals surface area contributed by atoms with Gasteiger partial charge in [-0.3, -0.25) is 9.59 Å². The number of carbonyl (C=O) groups is 2. The third kappa shape index (κ3) is 4.79. The molecule has 1 heterocycles. The number of rotatable bonds is 5. The van der Waals surface area contributed by atoms with Crippen LogP contribution in [0.3, 0.4) is 0 Å². The maximum atomic E-state index is 12.1. The summed E-state index contributed by atoms with van der Waals surface area (Å²) in [5.41, 5.74) is 1.72. The average molecular weight is 318 g/mol. The monoisotopic (exact) mass is 318 g/mol. The third-order valence-corrected chi connectivity index (χ3v) is 4.32. The number of para-hydroxylation sites is 1. The van der Waals surface area contributed by atoms with Crippen molar-refractivity contribution in [1.82, 2.24) is 5.32 Å². The Hall–Kier alpha value is -1.88. The lowest BCUT2D eigenvalue weighted by atomic mass is 9.88. The summed E-state index contributed by atoms with van der Waals surface area (Å²) in [5, 5.41) is 15.6. The van der Waals surface area contributed by atoms with Crippen LogP contribution in [-0.2, 0) is 16.0 Å². The van der Waals surface area contributed by atoms with E-state index in [1.165, 1.54) is 0 Å². The fraction of sp³-hybridized carbons (Fsp3) is 0.556. The second-order valence-electron chi connectivity index (χ2n) is 7.27. The molecule has 0 saturated carbocycles. The standard InChI is InChI=1S/C18H26N2O3/c1-18(2,3)15(21)11-19-16(22)9-8-13-10-12-6-4-5-7-14(12)20-17(13)23/h4-7,13,15,21H,8-11H2,1-3H3,(H,19,22)(H,20,23). The lowest BCUT2D eigenvalue weighted by molar-refractivity contribution is -0.123. The second-order valence-corrected chi connectivity index (χ2v) is 7.27. The molecule has 0 bridgehead atoms. The van der Waals surface area contributed by atoms with E-state index in [0.717, 1.165) is 11.3 Å². The minimum atomic E-state index is -0.587. The summed E-state index contributed by atoms with van der Waals surface area (Å²) in [5.74, 6) is -0.325. The summed E-state index contributed by atoms with van der Waals surface area (Å²) in [7, 11) is 0. The van der Waals surface area contributed by atoms with Gasteiger partial charge in [0.2, 0.25) is 11.8 Å². The Morgan fingerprint density at radius 3 is 2.78 bits per heavy atom. The van der Waals surface area contributed by atoms with Crippen molar-refractivity contribution in [2.75, 3.05) is 11.9 Å². The number of aliphatic hydroxyl groups excluding tert-OH is 1. The Balaban J connectivity index is 1.80. The number of fused-ring (bicyclic) bond motifs is 1. The first-order valence-electron chi connectivity index (χ1n) is 8.11. The van der Waals surface area contributed by atoms with Gasteiger partial charge in [-0.05, 0) is 29.9 Å². The molecular formula is C18H26N2O3. The van der Waals surface area contributed by atoms with E-state index in [1.807, 2.05) is 45.0 Å². The van der Waals surface area contributed by atoms with Crippen LogP contribution in [0.4, 0.5) is 5.69 Å².